The summed E-state index contributed by atoms with van der Waals surface area (Å²) in [6.07, 6.45) is -3.50. The third-order valence-corrected chi connectivity index (χ3v) is 3.23. The number of ether oxygens (including phenoxy) is 2. The van der Waals surface area contributed by atoms with E-state index in [-0.39, 0.29) is 16.7 Å². The molecule has 0 radical (unpaired) electrons. The number of carbonyl (C=O) groups is 3. The van der Waals surface area contributed by atoms with Gasteiger partial charge in [-0.05, 0) is 59.7 Å². The van der Waals surface area contributed by atoms with Crippen LogP contribution in [0.2, 0.25) is 0 Å². The van der Waals surface area contributed by atoms with Crippen molar-refractivity contribution in [2.24, 2.45) is 0 Å². The zero-order valence-corrected chi connectivity index (χ0v) is 16.6. The zero-order chi connectivity index (χ0) is 21.4. The smallest absolute Gasteiger partial charge is 0.432 e. The number of amides is 2. The van der Waals surface area contributed by atoms with E-state index in [1.54, 1.807) is 41.5 Å². The van der Waals surface area contributed by atoms with E-state index in [0.717, 1.165) is 0 Å². The van der Waals surface area contributed by atoms with E-state index in [2.05, 4.69) is 5.10 Å². The van der Waals surface area contributed by atoms with Crippen LogP contribution in [0.15, 0.2) is 18.2 Å². The first-order valence-corrected chi connectivity index (χ1v) is 8.47. The average molecular weight is 392 g/mol. The van der Waals surface area contributed by atoms with Crippen LogP contribution >= 0.6 is 0 Å². The van der Waals surface area contributed by atoms with E-state index < -0.39 is 29.5 Å². The molecule has 28 heavy (non-hydrogen) atoms. The van der Waals surface area contributed by atoms with Crippen LogP contribution in [0.5, 0.6) is 0 Å². The van der Waals surface area contributed by atoms with Crippen molar-refractivity contribution in [3.05, 3.63) is 18.2 Å². The molecule has 0 fully saturated rings. The maximum atomic E-state index is 12.8. The molecule has 0 atom stereocenters. The van der Waals surface area contributed by atoms with Crippen LogP contribution in [-0.4, -0.2) is 44.4 Å². The molecule has 1 aromatic carbocycles. The second-order valence-electron chi connectivity index (χ2n) is 8.09. The number of nitrogen functional groups attached to an aromatic ring is 1. The SMILES string of the molecule is CC(C)(C)OC(=O)N(C(=O)OC(C)(C)C)c1nn(C(=O)O)c2ccc(N)cc12. The van der Waals surface area contributed by atoms with Crippen molar-refractivity contribution in [3.63, 3.8) is 0 Å². The summed E-state index contributed by atoms with van der Waals surface area (Å²) in [5, 5.41) is 13.5. The van der Waals surface area contributed by atoms with E-state index in [4.69, 9.17) is 15.2 Å². The second kappa shape index (κ2) is 7.02. The number of carboxylic acid groups (broad SMARTS) is 1. The Morgan fingerprint density at radius 3 is 1.96 bits per heavy atom. The third kappa shape index (κ3) is 4.70. The minimum atomic E-state index is -1.39. The van der Waals surface area contributed by atoms with E-state index >= 15 is 0 Å². The molecule has 2 amide bonds. The van der Waals surface area contributed by atoms with Crippen LogP contribution in [0.25, 0.3) is 10.9 Å². The van der Waals surface area contributed by atoms with Crippen molar-refractivity contribution in [3.8, 4) is 0 Å². The maximum absolute atomic E-state index is 12.8. The number of hydrogen-bond donors (Lipinski definition) is 2. The highest BCUT2D eigenvalue weighted by atomic mass is 16.6. The average Bonchev–Trinajstić information content (AvgIpc) is 2.82. The molecule has 1 heterocycles. The summed E-state index contributed by atoms with van der Waals surface area (Å²) < 4.78 is 11.2. The molecular formula is C18H24N4O6. The standard InChI is InChI=1S/C18H24N4O6/c1-17(2,3)27-15(25)21(16(26)28-18(4,5)6)13-11-9-10(19)7-8-12(11)22(20-13)14(23)24/h7-9H,19H2,1-6H3,(H,23,24). The Morgan fingerprint density at radius 2 is 1.54 bits per heavy atom. The molecule has 0 saturated carbocycles. The van der Waals surface area contributed by atoms with Crippen molar-refractivity contribution in [1.29, 1.82) is 0 Å². The van der Waals surface area contributed by atoms with Crippen LogP contribution in [-0.2, 0) is 9.47 Å². The molecule has 1 aromatic heterocycles. The summed E-state index contributed by atoms with van der Waals surface area (Å²) in [6, 6.07) is 4.33. The first-order valence-electron chi connectivity index (χ1n) is 8.47. The highest BCUT2D eigenvalue weighted by molar-refractivity contribution is 6.14. The molecule has 3 N–H and O–H groups in total. The van der Waals surface area contributed by atoms with Crippen molar-refractivity contribution in [1.82, 2.24) is 9.78 Å². The molecule has 2 aromatic rings. The molecular weight excluding hydrogens is 368 g/mol. The van der Waals surface area contributed by atoms with Gasteiger partial charge in [0.05, 0.1) is 5.52 Å². The largest absolute Gasteiger partial charge is 0.463 e. The van der Waals surface area contributed by atoms with Gasteiger partial charge in [-0.1, -0.05) is 0 Å². The van der Waals surface area contributed by atoms with Gasteiger partial charge in [0.25, 0.3) is 0 Å². The van der Waals surface area contributed by atoms with Crippen LogP contribution in [0, 0.1) is 0 Å². The van der Waals surface area contributed by atoms with Crippen LogP contribution < -0.4 is 10.6 Å². The lowest BCUT2D eigenvalue weighted by molar-refractivity contribution is 0.0429. The van der Waals surface area contributed by atoms with Gasteiger partial charge in [0.2, 0.25) is 0 Å². The summed E-state index contributed by atoms with van der Waals surface area (Å²) in [7, 11) is 0. The summed E-state index contributed by atoms with van der Waals surface area (Å²) in [5.74, 6) is -0.256. The quantitative estimate of drug-likeness (QED) is 0.699. The number of aromatic nitrogens is 2. The fraction of sp³-hybridized carbons (Fsp3) is 0.444. The van der Waals surface area contributed by atoms with Crippen molar-refractivity contribution >= 4 is 40.7 Å². The summed E-state index contributed by atoms with van der Waals surface area (Å²) >= 11 is 0. The van der Waals surface area contributed by atoms with E-state index in [0.29, 0.717) is 15.3 Å². The minimum absolute atomic E-state index is 0.147. The molecule has 10 heteroatoms. The van der Waals surface area contributed by atoms with Gasteiger partial charge >= 0.3 is 18.3 Å². The number of nitrogens with zero attached hydrogens (tertiary/aromatic N) is 3. The Kier molecular flexibility index (Phi) is 5.27. The lowest BCUT2D eigenvalue weighted by Crippen LogP contribution is -2.44. The molecule has 0 bridgehead atoms. The maximum Gasteiger partial charge on any atom is 0.432 e. The van der Waals surface area contributed by atoms with Crippen LogP contribution in [0.1, 0.15) is 41.5 Å². The molecule has 10 nitrogen and oxygen atoms in total. The topological polar surface area (TPSA) is 137 Å². The Morgan fingerprint density at radius 1 is 1.04 bits per heavy atom. The van der Waals surface area contributed by atoms with Crippen LogP contribution in [0.4, 0.5) is 25.9 Å². The molecule has 152 valence electrons. The lowest BCUT2D eigenvalue weighted by Gasteiger charge is -2.27. The van der Waals surface area contributed by atoms with Gasteiger partial charge < -0.3 is 20.3 Å². The first-order chi connectivity index (χ1) is 12.7. The fourth-order valence-electron chi connectivity index (χ4n) is 2.29. The van der Waals surface area contributed by atoms with Gasteiger partial charge in [0, 0.05) is 11.1 Å². The highest BCUT2D eigenvalue weighted by Gasteiger charge is 2.36. The number of anilines is 2. The number of hydrogen-bond acceptors (Lipinski definition) is 7. The lowest BCUT2D eigenvalue weighted by atomic mass is 10.2. The van der Waals surface area contributed by atoms with E-state index in [9.17, 15) is 19.5 Å². The Hall–Kier alpha value is -3.30. The van der Waals surface area contributed by atoms with E-state index in [1.807, 2.05) is 0 Å². The van der Waals surface area contributed by atoms with Crippen molar-refractivity contribution in [2.75, 3.05) is 10.6 Å². The summed E-state index contributed by atoms with van der Waals surface area (Å²) in [4.78, 5) is 37.7. The van der Waals surface area contributed by atoms with Gasteiger partial charge in [-0.2, -0.15) is 9.58 Å². The highest BCUT2D eigenvalue weighted by Crippen LogP contribution is 2.30. The number of nitrogens with two attached hydrogens (primary N) is 1. The molecule has 0 aliphatic carbocycles. The molecule has 0 saturated heterocycles. The predicted octanol–water partition coefficient (Wildman–Crippen LogP) is 3.82. The summed E-state index contributed by atoms with van der Waals surface area (Å²) in [5.41, 5.74) is 4.41. The third-order valence-electron chi connectivity index (χ3n) is 3.23. The first kappa shape index (κ1) is 21.0. The normalized spacial score (nSPS) is 11.9. The molecule has 2 rings (SSSR count). The van der Waals surface area contributed by atoms with Gasteiger partial charge in [-0.25, -0.2) is 14.4 Å². The van der Waals surface area contributed by atoms with Crippen LogP contribution in [0.3, 0.4) is 0 Å². The number of imide groups is 1. The number of carbonyl (C=O) groups excluding carboxylic acids is 2. The Labute approximate surface area is 161 Å². The molecule has 0 unspecified atom stereocenters. The van der Waals surface area contributed by atoms with Crippen molar-refractivity contribution in [2.45, 2.75) is 52.7 Å². The Balaban J connectivity index is 2.69. The van der Waals surface area contributed by atoms with Crippen molar-refractivity contribution < 1.29 is 29.0 Å². The fourth-order valence-corrected chi connectivity index (χ4v) is 2.29. The minimum Gasteiger partial charge on any atom is -0.463 e. The van der Waals surface area contributed by atoms with E-state index in [1.165, 1.54) is 18.2 Å². The molecule has 0 aliphatic heterocycles. The van der Waals surface area contributed by atoms with Gasteiger partial charge in [-0.3, -0.25) is 0 Å². The zero-order valence-electron chi connectivity index (χ0n) is 16.6. The van der Waals surface area contributed by atoms with Gasteiger partial charge in [0.15, 0.2) is 5.82 Å². The monoisotopic (exact) mass is 392 g/mol. The number of rotatable bonds is 1. The summed E-state index contributed by atoms with van der Waals surface area (Å²) in [6.45, 7) is 9.77. The molecule has 0 spiro atoms. The number of benzene rings is 1. The second-order valence-corrected chi connectivity index (χ2v) is 8.09. The van der Waals surface area contributed by atoms with Gasteiger partial charge in [0.1, 0.15) is 11.2 Å². The predicted molar refractivity (Wildman–Crippen MR) is 103 cm³/mol. The van der Waals surface area contributed by atoms with Gasteiger partial charge in [-0.15, -0.1) is 5.10 Å². The Bertz CT molecular complexity index is 908. The molecule has 0 aliphatic rings. The number of fused-ring (bicyclic) bond motifs is 1.